The molecule has 3 aromatic rings. The Balaban J connectivity index is 1.79. The molecule has 3 aromatic carbocycles. The first-order valence-electron chi connectivity index (χ1n) is 8.76. The SMILES string of the molecule is CC1Cc2ccccc2N1C(=O)C(c1ccccc1)c1ccccc1. The van der Waals surface area contributed by atoms with E-state index in [1.54, 1.807) is 0 Å². The standard InChI is InChI=1S/C23H21NO/c1-17-16-20-14-8-9-15-21(20)24(17)23(25)22(18-10-4-2-5-11-18)19-12-6-3-7-13-19/h2-15,17,22H,16H2,1H3. The van der Waals surface area contributed by atoms with Gasteiger partial charge in [-0.3, -0.25) is 4.79 Å². The predicted octanol–water partition coefficient (Wildman–Crippen LogP) is 4.80. The van der Waals surface area contributed by atoms with Crippen LogP contribution in [-0.4, -0.2) is 11.9 Å². The molecule has 1 amide bonds. The summed E-state index contributed by atoms with van der Waals surface area (Å²) in [6.07, 6.45) is 0.915. The minimum atomic E-state index is -0.281. The third-order valence-electron chi connectivity index (χ3n) is 4.96. The summed E-state index contributed by atoms with van der Waals surface area (Å²) in [4.78, 5) is 15.6. The van der Waals surface area contributed by atoms with Crippen molar-refractivity contribution in [2.75, 3.05) is 4.90 Å². The van der Waals surface area contributed by atoms with Crippen molar-refractivity contribution in [2.24, 2.45) is 0 Å². The molecule has 25 heavy (non-hydrogen) atoms. The number of rotatable bonds is 3. The van der Waals surface area contributed by atoms with Crippen LogP contribution in [0.1, 0.15) is 29.5 Å². The number of amides is 1. The maximum Gasteiger partial charge on any atom is 0.239 e. The van der Waals surface area contributed by atoms with Crippen molar-refractivity contribution in [3.63, 3.8) is 0 Å². The average Bonchev–Trinajstić information content (AvgIpc) is 2.99. The Kier molecular flexibility index (Phi) is 4.10. The molecule has 0 aromatic heterocycles. The van der Waals surface area contributed by atoms with Crippen LogP contribution < -0.4 is 4.90 Å². The molecule has 0 radical (unpaired) electrons. The molecule has 0 saturated heterocycles. The van der Waals surface area contributed by atoms with Crippen LogP contribution in [0.4, 0.5) is 5.69 Å². The van der Waals surface area contributed by atoms with E-state index in [0.29, 0.717) is 0 Å². The van der Waals surface area contributed by atoms with E-state index >= 15 is 0 Å². The molecule has 0 bridgehead atoms. The van der Waals surface area contributed by atoms with Crippen LogP contribution in [0.25, 0.3) is 0 Å². The number of hydrogen-bond donors (Lipinski definition) is 0. The molecule has 0 fully saturated rings. The van der Waals surface area contributed by atoms with Crippen LogP contribution in [0.15, 0.2) is 84.9 Å². The maximum atomic E-state index is 13.6. The first-order chi connectivity index (χ1) is 12.3. The van der Waals surface area contributed by atoms with Gasteiger partial charge in [0, 0.05) is 11.7 Å². The van der Waals surface area contributed by atoms with Crippen molar-refractivity contribution in [3.8, 4) is 0 Å². The van der Waals surface area contributed by atoms with Gasteiger partial charge >= 0.3 is 0 Å². The minimum Gasteiger partial charge on any atom is -0.308 e. The number of carbonyl (C=O) groups excluding carboxylic acids is 1. The molecular weight excluding hydrogens is 306 g/mol. The lowest BCUT2D eigenvalue weighted by molar-refractivity contribution is -0.119. The van der Waals surface area contributed by atoms with Gasteiger partial charge < -0.3 is 4.90 Å². The van der Waals surface area contributed by atoms with Gasteiger partial charge in [-0.15, -0.1) is 0 Å². The molecule has 0 saturated carbocycles. The van der Waals surface area contributed by atoms with E-state index in [4.69, 9.17) is 0 Å². The first-order valence-corrected chi connectivity index (χ1v) is 8.76. The summed E-state index contributed by atoms with van der Waals surface area (Å²) in [5.41, 5.74) is 4.38. The molecule has 4 rings (SSSR count). The zero-order chi connectivity index (χ0) is 17.2. The zero-order valence-corrected chi connectivity index (χ0v) is 14.3. The van der Waals surface area contributed by atoms with Crippen molar-refractivity contribution in [3.05, 3.63) is 102 Å². The quantitative estimate of drug-likeness (QED) is 0.677. The summed E-state index contributed by atoms with van der Waals surface area (Å²) in [6.45, 7) is 2.13. The normalized spacial score (nSPS) is 16.1. The highest BCUT2D eigenvalue weighted by Gasteiger charge is 2.35. The Labute approximate surface area is 148 Å². The van der Waals surface area contributed by atoms with E-state index in [-0.39, 0.29) is 17.9 Å². The number of anilines is 1. The van der Waals surface area contributed by atoms with Gasteiger partial charge in [0.25, 0.3) is 0 Å². The molecule has 0 spiro atoms. The third-order valence-corrected chi connectivity index (χ3v) is 4.96. The van der Waals surface area contributed by atoms with E-state index < -0.39 is 0 Å². The summed E-state index contributed by atoms with van der Waals surface area (Å²) in [5, 5.41) is 0. The minimum absolute atomic E-state index is 0.148. The fourth-order valence-electron chi connectivity index (χ4n) is 3.81. The molecule has 0 N–H and O–H groups in total. The lowest BCUT2D eigenvalue weighted by atomic mass is 9.89. The highest BCUT2D eigenvalue weighted by Crippen LogP contribution is 2.36. The molecule has 1 aliphatic rings. The largest absolute Gasteiger partial charge is 0.308 e. The molecule has 0 aliphatic carbocycles. The van der Waals surface area contributed by atoms with Crippen molar-refractivity contribution in [1.29, 1.82) is 0 Å². The van der Waals surface area contributed by atoms with Gasteiger partial charge in [-0.1, -0.05) is 78.9 Å². The van der Waals surface area contributed by atoms with Crippen molar-refractivity contribution in [1.82, 2.24) is 0 Å². The van der Waals surface area contributed by atoms with Crippen LogP contribution in [-0.2, 0) is 11.2 Å². The van der Waals surface area contributed by atoms with Crippen LogP contribution in [0.3, 0.4) is 0 Å². The summed E-state index contributed by atoms with van der Waals surface area (Å²) < 4.78 is 0. The van der Waals surface area contributed by atoms with Gasteiger partial charge in [-0.2, -0.15) is 0 Å². The molecule has 2 heteroatoms. The molecule has 1 aliphatic heterocycles. The zero-order valence-electron chi connectivity index (χ0n) is 14.3. The first kappa shape index (κ1) is 15.6. The molecular formula is C23H21NO. The molecule has 1 unspecified atom stereocenters. The molecule has 2 nitrogen and oxygen atoms in total. The van der Waals surface area contributed by atoms with Gasteiger partial charge in [0.1, 0.15) is 0 Å². The fraction of sp³-hybridized carbons (Fsp3) is 0.174. The second-order valence-electron chi connectivity index (χ2n) is 6.64. The van der Waals surface area contributed by atoms with Crippen molar-refractivity contribution >= 4 is 11.6 Å². The molecule has 124 valence electrons. The van der Waals surface area contributed by atoms with Gasteiger partial charge in [-0.05, 0) is 36.1 Å². The molecule has 1 atom stereocenters. The van der Waals surface area contributed by atoms with Crippen molar-refractivity contribution < 1.29 is 4.79 Å². The number of hydrogen-bond acceptors (Lipinski definition) is 1. The van der Waals surface area contributed by atoms with Crippen LogP contribution in [0.2, 0.25) is 0 Å². The van der Waals surface area contributed by atoms with Gasteiger partial charge in [0.15, 0.2) is 0 Å². The Hall–Kier alpha value is -2.87. The summed E-state index contributed by atoms with van der Waals surface area (Å²) >= 11 is 0. The highest BCUT2D eigenvalue weighted by molar-refractivity contribution is 6.02. The summed E-state index contributed by atoms with van der Waals surface area (Å²) in [7, 11) is 0. The van der Waals surface area contributed by atoms with E-state index in [9.17, 15) is 4.79 Å². The number of benzene rings is 3. The Morgan fingerprint density at radius 2 is 1.36 bits per heavy atom. The second kappa shape index (κ2) is 6.56. The van der Waals surface area contributed by atoms with Gasteiger partial charge in [0.2, 0.25) is 5.91 Å². The third kappa shape index (κ3) is 2.85. The Morgan fingerprint density at radius 1 is 0.840 bits per heavy atom. The smallest absolute Gasteiger partial charge is 0.239 e. The van der Waals surface area contributed by atoms with E-state index in [2.05, 4.69) is 19.1 Å². The van der Waals surface area contributed by atoms with E-state index in [1.165, 1.54) is 5.56 Å². The van der Waals surface area contributed by atoms with E-state index in [1.807, 2.05) is 77.7 Å². The maximum absolute atomic E-state index is 13.6. The number of nitrogens with zero attached hydrogens (tertiary/aromatic N) is 1. The van der Waals surface area contributed by atoms with Crippen molar-refractivity contribution in [2.45, 2.75) is 25.3 Å². The summed E-state index contributed by atoms with van der Waals surface area (Å²) in [6, 6.07) is 28.6. The van der Waals surface area contributed by atoms with E-state index in [0.717, 1.165) is 23.2 Å². The topological polar surface area (TPSA) is 20.3 Å². The Bertz CT molecular complexity index is 833. The predicted molar refractivity (Wildman–Crippen MR) is 102 cm³/mol. The number of carbonyl (C=O) groups is 1. The number of para-hydroxylation sites is 1. The van der Waals surface area contributed by atoms with Crippen LogP contribution in [0.5, 0.6) is 0 Å². The van der Waals surface area contributed by atoms with Gasteiger partial charge in [0.05, 0.1) is 5.92 Å². The number of fused-ring (bicyclic) bond motifs is 1. The lowest BCUT2D eigenvalue weighted by Crippen LogP contribution is -2.39. The summed E-state index contributed by atoms with van der Waals surface area (Å²) in [5.74, 6) is -0.133. The average molecular weight is 327 g/mol. The van der Waals surface area contributed by atoms with Crippen LogP contribution >= 0.6 is 0 Å². The fourth-order valence-corrected chi connectivity index (χ4v) is 3.81. The second-order valence-corrected chi connectivity index (χ2v) is 6.64. The van der Waals surface area contributed by atoms with Gasteiger partial charge in [-0.25, -0.2) is 0 Å². The Morgan fingerprint density at radius 3 is 1.96 bits per heavy atom. The van der Waals surface area contributed by atoms with Crippen LogP contribution in [0, 0.1) is 0 Å². The highest BCUT2D eigenvalue weighted by atomic mass is 16.2. The lowest BCUT2D eigenvalue weighted by Gasteiger charge is -2.28. The monoisotopic (exact) mass is 327 g/mol. The molecule has 1 heterocycles.